The van der Waals surface area contributed by atoms with E-state index < -0.39 is 0 Å². The minimum atomic E-state index is 0.670. The predicted molar refractivity (Wildman–Crippen MR) is 68.5 cm³/mol. The van der Waals surface area contributed by atoms with Crippen LogP contribution >= 0.6 is 11.6 Å². The molecule has 0 radical (unpaired) electrons. The number of hydrogen-bond donors (Lipinski definition) is 1. The fourth-order valence-corrected chi connectivity index (χ4v) is 1.81. The van der Waals surface area contributed by atoms with Gasteiger partial charge in [0.15, 0.2) is 0 Å². The highest BCUT2D eigenvalue weighted by Gasteiger charge is 2.05. The molecule has 5 heteroatoms. The van der Waals surface area contributed by atoms with Crippen molar-refractivity contribution in [2.75, 3.05) is 6.54 Å². The molecule has 0 aliphatic rings. The van der Waals surface area contributed by atoms with Gasteiger partial charge in [-0.3, -0.25) is 0 Å². The van der Waals surface area contributed by atoms with Crippen LogP contribution < -0.4 is 5.73 Å². The molecule has 0 bridgehead atoms. The predicted octanol–water partition coefficient (Wildman–Crippen LogP) is 2.12. The summed E-state index contributed by atoms with van der Waals surface area (Å²) in [6, 6.07) is 5.73. The van der Waals surface area contributed by atoms with Crippen LogP contribution in [0.3, 0.4) is 0 Å². The number of hydrogen-bond acceptors (Lipinski definition) is 3. The van der Waals surface area contributed by atoms with Crippen LogP contribution in [-0.2, 0) is 6.42 Å². The lowest BCUT2D eigenvalue weighted by atomic mass is 10.2. The Labute approximate surface area is 105 Å². The zero-order chi connectivity index (χ0) is 12.3. The molecular weight excluding hydrogens is 236 g/mol. The van der Waals surface area contributed by atoms with Gasteiger partial charge in [0, 0.05) is 5.02 Å². The Kier molecular flexibility index (Phi) is 3.76. The van der Waals surface area contributed by atoms with Crippen LogP contribution in [0, 0.1) is 6.92 Å². The molecule has 90 valence electrons. The third-order valence-electron chi connectivity index (χ3n) is 2.60. The van der Waals surface area contributed by atoms with Crippen molar-refractivity contribution < 1.29 is 0 Å². The fraction of sp³-hybridized carbons (Fsp3) is 0.333. The van der Waals surface area contributed by atoms with Gasteiger partial charge in [0.1, 0.15) is 0 Å². The van der Waals surface area contributed by atoms with Gasteiger partial charge in [-0.15, -0.1) is 5.10 Å². The largest absolute Gasteiger partial charge is 0.330 e. The van der Waals surface area contributed by atoms with Gasteiger partial charge in [0.2, 0.25) is 0 Å². The van der Waals surface area contributed by atoms with E-state index in [1.807, 2.05) is 31.3 Å². The summed E-state index contributed by atoms with van der Waals surface area (Å²) in [6.07, 6.45) is 3.71. The van der Waals surface area contributed by atoms with Gasteiger partial charge in [-0.25, -0.2) is 4.68 Å². The lowest BCUT2D eigenvalue weighted by Gasteiger charge is -2.04. The van der Waals surface area contributed by atoms with Gasteiger partial charge < -0.3 is 5.73 Å². The Bertz CT molecular complexity index is 507. The number of nitrogens with zero attached hydrogens (tertiary/aromatic N) is 3. The quantitative estimate of drug-likeness (QED) is 0.904. The van der Waals surface area contributed by atoms with Crippen molar-refractivity contribution in [1.82, 2.24) is 15.0 Å². The van der Waals surface area contributed by atoms with Crippen molar-refractivity contribution in [3.05, 3.63) is 40.7 Å². The number of nitrogens with two attached hydrogens (primary N) is 1. The van der Waals surface area contributed by atoms with Crippen LogP contribution in [0.15, 0.2) is 24.4 Å². The normalized spacial score (nSPS) is 10.8. The molecule has 0 aliphatic carbocycles. The van der Waals surface area contributed by atoms with Crippen LogP contribution in [0.2, 0.25) is 5.02 Å². The maximum atomic E-state index is 5.98. The fourth-order valence-electron chi connectivity index (χ4n) is 1.64. The molecule has 0 amide bonds. The second kappa shape index (κ2) is 5.29. The molecule has 1 heterocycles. The van der Waals surface area contributed by atoms with Crippen molar-refractivity contribution in [2.24, 2.45) is 5.73 Å². The highest BCUT2D eigenvalue weighted by Crippen LogP contribution is 2.18. The Morgan fingerprint density at radius 2 is 2.24 bits per heavy atom. The van der Waals surface area contributed by atoms with Gasteiger partial charge in [0.25, 0.3) is 0 Å². The summed E-state index contributed by atoms with van der Waals surface area (Å²) >= 11 is 5.98. The molecule has 0 spiro atoms. The molecule has 0 unspecified atom stereocenters. The minimum Gasteiger partial charge on any atom is -0.330 e. The Morgan fingerprint density at radius 3 is 3.00 bits per heavy atom. The summed E-state index contributed by atoms with van der Waals surface area (Å²) in [5, 5.41) is 8.92. The molecular formula is C12H15ClN4. The number of rotatable bonds is 4. The van der Waals surface area contributed by atoms with Crippen LogP contribution in [0.5, 0.6) is 0 Å². The molecule has 2 rings (SSSR count). The number of halogens is 1. The van der Waals surface area contributed by atoms with E-state index in [0.29, 0.717) is 11.6 Å². The highest BCUT2D eigenvalue weighted by molar-refractivity contribution is 6.30. The first kappa shape index (κ1) is 12.1. The van der Waals surface area contributed by atoms with E-state index in [0.717, 1.165) is 29.8 Å². The van der Waals surface area contributed by atoms with Crippen molar-refractivity contribution in [3.63, 3.8) is 0 Å². The number of benzene rings is 1. The third-order valence-corrected chi connectivity index (χ3v) is 2.83. The average Bonchev–Trinajstić information content (AvgIpc) is 2.78. The Balaban J connectivity index is 2.27. The lowest BCUT2D eigenvalue weighted by Crippen LogP contribution is -2.00. The monoisotopic (exact) mass is 250 g/mol. The summed E-state index contributed by atoms with van der Waals surface area (Å²) in [6.45, 7) is 2.69. The van der Waals surface area contributed by atoms with Gasteiger partial charge >= 0.3 is 0 Å². The topological polar surface area (TPSA) is 56.7 Å². The third kappa shape index (κ3) is 2.84. The SMILES string of the molecule is Cc1ccc(Cl)cc1-n1cc(CCCN)nn1. The van der Waals surface area contributed by atoms with E-state index in [1.165, 1.54) is 0 Å². The Hall–Kier alpha value is -1.39. The number of aryl methyl sites for hydroxylation is 2. The second-order valence-electron chi connectivity index (χ2n) is 3.98. The maximum absolute atomic E-state index is 5.98. The van der Waals surface area contributed by atoms with E-state index in [9.17, 15) is 0 Å². The number of aromatic nitrogens is 3. The van der Waals surface area contributed by atoms with Crippen LogP contribution in [0.25, 0.3) is 5.69 Å². The Morgan fingerprint density at radius 1 is 1.41 bits per heavy atom. The van der Waals surface area contributed by atoms with Crippen LogP contribution in [0.1, 0.15) is 17.7 Å². The van der Waals surface area contributed by atoms with Crippen molar-refractivity contribution in [2.45, 2.75) is 19.8 Å². The average molecular weight is 251 g/mol. The highest BCUT2D eigenvalue weighted by atomic mass is 35.5. The van der Waals surface area contributed by atoms with Crippen molar-refractivity contribution >= 4 is 11.6 Å². The smallest absolute Gasteiger partial charge is 0.0832 e. The minimum absolute atomic E-state index is 0.670. The van der Waals surface area contributed by atoms with E-state index in [2.05, 4.69) is 10.3 Å². The van der Waals surface area contributed by atoms with Gasteiger partial charge in [-0.2, -0.15) is 0 Å². The summed E-state index contributed by atoms with van der Waals surface area (Å²) in [5.41, 5.74) is 8.50. The lowest BCUT2D eigenvalue weighted by molar-refractivity contribution is 0.777. The van der Waals surface area contributed by atoms with Crippen molar-refractivity contribution in [1.29, 1.82) is 0 Å². The van der Waals surface area contributed by atoms with Crippen LogP contribution in [0.4, 0.5) is 0 Å². The molecule has 2 N–H and O–H groups in total. The van der Waals surface area contributed by atoms with Gasteiger partial charge in [-0.05, 0) is 44.0 Å². The molecule has 1 aromatic heterocycles. The summed E-state index contributed by atoms with van der Waals surface area (Å²) in [4.78, 5) is 0. The van der Waals surface area contributed by atoms with Gasteiger partial charge in [-0.1, -0.05) is 22.9 Å². The molecule has 2 aromatic rings. The summed E-state index contributed by atoms with van der Waals surface area (Å²) in [7, 11) is 0. The summed E-state index contributed by atoms with van der Waals surface area (Å²) < 4.78 is 1.76. The van der Waals surface area contributed by atoms with Gasteiger partial charge in [0.05, 0.1) is 17.6 Å². The molecule has 0 aliphatic heterocycles. The molecule has 0 saturated carbocycles. The molecule has 1 aromatic carbocycles. The summed E-state index contributed by atoms with van der Waals surface area (Å²) in [5.74, 6) is 0. The molecule has 0 fully saturated rings. The van der Waals surface area contributed by atoms with E-state index in [1.54, 1.807) is 4.68 Å². The molecule has 0 saturated heterocycles. The first-order valence-corrected chi connectivity index (χ1v) is 5.96. The van der Waals surface area contributed by atoms with E-state index in [-0.39, 0.29) is 0 Å². The van der Waals surface area contributed by atoms with Crippen LogP contribution in [-0.4, -0.2) is 21.5 Å². The second-order valence-corrected chi connectivity index (χ2v) is 4.41. The van der Waals surface area contributed by atoms with E-state index >= 15 is 0 Å². The van der Waals surface area contributed by atoms with Crippen molar-refractivity contribution in [3.8, 4) is 5.69 Å². The first-order valence-electron chi connectivity index (χ1n) is 5.58. The molecule has 17 heavy (non-hydrogen) atoms. The zero-order valence-corrected chi connectivity index (χ0v) is 10.5. The maximum Gasteiger partial charge on any atom is 0.0832 e. The standard InChI is InChI=1S/C12H15ClN4/c1-9-4-5-10(13)7-12(9)17-8-11(15-16-17)3-2-6-14/h4-5,7-8H,2-3,6,14H2,1H3. The van der Waals surface area contributed by atoms with E-state index in [4.69, 9.17) is 17.3 Å². The zero-order valence-electron chi connectivity index (χ0n) is 9.73. The molecule has 0 atom stereocenters. The first-order chi connectivity index (χ1) is 8.20. The molecule has 4 nitrogen and oxygen atoms in total.